The van der Waals surface area contributed by atoms with Gasteiger partial charge in [0.25, 0.3) is 0 Å². The van der Waals surface area contributed by atoms with Gasteiger partial charge in [-0.3, -0.25) is 0 Å². The molecule has 0 fully saturated rings. The molecule has 0 aliphatic carbocycles. The molecule has 0 saturated heterocycles. The van der Waals surface area contributed by atoms with Crippen LogP contribution in [0.15, 0.2) is 35.0 Å². The van der Waals surface area contributed by atoms with Crippen LogP contribution in [0.5, 0.6) is 0 Å². The Bertz CT molecular complexity index is 652. The van der Waals surface area contributed by atoms with E-state index < -0.39 is 15.7 Å². The first kappa shape index (κ1) is 22.2. The first-order valence-electron chi connectivity index (χ1n) is 7.08. The fourth-order valence-corrected chi connectivity index (χ4v) is 2.39. The van der Waals surface area contributed by atoms with Gasteiger partial charge in [0.1, 0.15) is 11.0 Å². The Morgan fingerprint density at radius 2 is 1.96 bits per heavy atom. The van der Waals surface area contributed by atoms with Crippen LogP contribution in [0.25, 0.3) is 11.1 Å². The van der Waals surface area contributed by atoms with Crippen LogP contribution in [0.4, 0.5) is 0 Å². The van der Waals surface area contributed by atoms with Crippen LogP contribution in [-0.4, -0.2) is 20.3 Å². The first-order valence-corrected chi connectivity index (χ1v) is 8.56. The second-order valence-electron chi connectivity index (χ2n) is 5.24. The van der Waals surface area contributed by atoms with Crippen LogP contribution in [-0.2, 0) is 30.5 Å². The Balaban J connectivity index is 0.00000155. The van der Waals surface area contributed by atoms with E-state index in [-0.39, 0.29) is 19.5 Å². The first-order chi connectivity index (χ1) is 10.4. The van der Waals surface area contributed by atoms with Crippen LogP contribution in [0.1, 0.15) is 40.2 Å². The van der Waals surface area contributed by atoms with Crippen molar-refractivity contribution in [3.05, 3.63) is 41.2 Å². The molecule has 0 aliphatic rings. The molecule has 2 rings (SSSR count). The van der Waals surface area contributed by atoms with Gasteiger partial charge >= 0.3 is 0 Å². The summed E-state index contributed by atoms with van der Waals surface area (Å²) in [5, 5.41) is 8.19. The third-order valence-electron chi connectivity index (χ3n) is 2.61. The number of halogens is 1. The number of hydrogen-bond acceptors (Lipinski definition) is 2. The predicted octanol–water partition coefficient (Wildman–Crippen LogP) is 4.26. The van der Waals surface area contributed by atoms with Crippen LogP contribution in [0, 0.1) is 0 Å². The molecule has 1 aromatic carbocycles. The quantitative estimate of drug-likeness (QED) is 0.567. The van der Waals surface area contributed by atoms with Crippen LogP contribution in [0.2, 0.25) is 5.02 Å². The second kappa shape index (κ2) is 10.1. The van der Waals surface area contributed by atoms with Crippen molar-refractivity contribution in [2.45, 2.75) is 39.4 Å². The summed E-state index contributed by atoms with van der Waals surface area (Å²) in [4.78, 5) is 0. The van der Waals surface area contributed by atoms with Crippen molar-refractivity contribution in [2.75, 3.05) is 0 Å². The summed E-state index contributed by atoms with van der Waals surface area (Å²) in [6, 6.07) is 5.50. The van der Waals surface area contributed by atoms with E-state index in [0.717, 1.165) is 16.7 Å². The Kier molecular flexibility index (Phi) is 9.75. The Morgan fingerprint density at radius 1 is 1.30 bits per heavy atom. The normalized spacial score (nSPS) is 12.3. The smallest absolute Gasteiger partial charge is 0.144 e. The van der Waals surface area contributed by atoms with Crippen molar-refractivity contribution in [2.24, 2.45) is 4.40 Å². The van der Waals surface area contributed by atoms with Crippen molar-refractivity contribution in [1.82, 2.24) is 10.2 Å². The molecule has 122 valence electrons. The van der Waals surface area contributed by atoms with E-state index >= 15 is 0 Å². The summed E-state index contributed by atoms with van der Waals surface area (Å²) >= 11 is 6.23. The number of rotatable bonds is 3. The summed E-state index contributed by atoms with van der Waals surface area (Å²) < 4.78 is 15.7. The molecule has 0 saturated carbocycles. The number of aromatic nitrogens is 2. The Labute approximate surface area is 158 Å². The summed E-state index contributed by atoms with van der Waals surface area (Å²) in [7, 11) is -1.30. The Hall–Kier alpha value is -0.837. The maximum atomic E-state index is 12.0. The standard InChI is InChI=1S/C14H15ClN3OS.C2H6.Zn/c1-14(2,3)20(19)18-9-10-5-4-6-12(15)13(10)11-7-16-17-8-11;1-2;/h4-9H,1-3H3;1-2H3;/q-1;;/b18-9+;;. The van der Waals surface area contributed by atoms with Gasteiger partial charge in [-0.1, -0.05) is 37.6 Å². The number of benzene rings is 1. The Morgan fingerprint density at radius 3 is 2.48 bits per heavy atom. The molecule has 0 aliphatic heterocycles. The molecule has 1 atom stereocenters. The van der Waals surface area contributed by atoms with E-state index in [4.69, 9.17) is 11.6 Å². The average Bonchev–Trinajstić information content (AvgIpc) is 2.99. The zero-order valence-electron chi connectivity index (χ0n) is 14.2. The molecule has 1 unspecified atom stereocenters. The van der Waals surface area contributed by atoms with Gasteiger partial charge in [-0.25, -0.2) is 4.21 Å². The van der Waals surface area contributed by atoms with Gasteiger partial charge in [-0.2, -0.15) is 10.6 Å². The van der Waals surface area contributed by atoms with Gasteiger partial charge in [0.15, 0.2) is 0 Å². The predicted molar refractivity (Wildman–Crippen MR) is 94.8 cm³/mol. The van der Waals surface area contributed by atoms with Crippen LogP contribution < -0.4 is 5.10 Å². The summed E-state index contributed by atoms with van der Waals surface area (Å²) in [6.07, 6.45) is 4.87. The van der Waals surface area contributed by atoms with Gasteiger partial charge in [-0.15, -0.1) is 0 Å². The van der Waals surface area contributed by atoms with Gasteiger partial charge in [-0.05, 0) is 32.4 Å². The minimum Gasteiger partial charge on any atom is -0.581 e. The summed E-state index contributed by atoms with van der Waals surface area (Å²) in [5.41, 5.74) is 2.41. The number of hydrogen-bond donors (Lipinski definition) is 0. The fourth-order valence-electron chi connectivity index (χ4n) is 1.57. The molecule has 0 spiro atoms. The maximum Gasteiger partial charge on any atom is 0.144 e. The molecule has 0 amide bonds. The monoisotopic (exact) mass is 402 g/mol. The van der Waals surface area contributed by atoms with Crippen molar-refractivity contribution in [3.8, 4) is 11.1 Å². The molecular weight excluding hydrogens is 383 g/mol. The minimum absolute atomic E-state index is 0. The third kappa shape index (κ3) is 6.29. The molecule has 4 nitrogen and oxygen atoms in total. The van der Waals surface area contributed by atoms with E-state index in [0.29, 0.717) is 5.02 Å². The van der Waals surface area contributed by atoms with E-state index in [1.165, 1.54) is 0 Å². The van der Waals surface area contributed by atoms with Crippen molar-refractivity contribution < 1.29 is 23.7 Å². The van der Waals surface area contributed by atoms with Gasteiger partial charge in [0, 0.05) is 48.0 Å². The molecule has 1 aromatic heterocycles. The third-order valence-corrected chi connectivity index (χ3v) is 4.27. The molecule has 0 N–H and O–H groups in total. The molecule has 0 radical (unpaired) electrons. The van der Waals surface area contributed by atoms with E-state index in [1.807, 2.05) is 46.8 Å². The topological polar surface area (TPSA) is 56.4 Å². The van der Waals surface area contributed by atoms with Crippen molar-refractivity contribution >= 4 is 28.8 Å². The number of nitrogens with zero attached hydrogens (tertiary/aromatic N) is 3. The van der Waals surface area contributed by atoms with E-state index in [9.17, 15) is 4.21 Å². The molecule has 23 heavy (non-hydrogen) atoms. The summed E-state index contributed by atoms with van der Waals surface area (Å²) in [6.45, 7) is 9.64. The molecule has 2 aromatic rings. The molecular formula is C16H21ClN3OSZn-. The zero-order valence-corrected chi connectivity index (χ0v) is 18.7. The van der Waals surface area contributed by atoms with Crippen LogP contribution >= 0.6 is 11.6 Å². The minimum atomic E-state index is -1.30. The SMILES string of the molecule is CC.CC(C)(C)S(=O)/N=C/c1cccc(Cl)c1-c1cn[n-]c1.[Zn]. The largest absolute Gasteiger partial charge is 0.581 e. The van der Waals surface area contributed by atoms with Crippen molar-refractivity contribution in [3.63, 3.8) is 0 Å². The maximum absolute atomic E-state index is 12.0. The average molecular weight is 404 g/mol. The molecule has 1 heterocycles. The zero-order chi connectivity index (χ0) is 16.8. The fraction of sp³-hybridized carbons (Fsp3) is 0.375. The van der Waals surface area contributed by atoms with E-state index in [1.54, 1.807) is 24.7 Å². The summed E-state index contributed by atoms with van der Waals surface area (Å²) in [5.74, 6) is 0. The van der Waals surface area contributed by atoms with Gasteiger partial charge in [0.05, 0.1) is 4.75 Å². The van der Waals surface area contributed by atoms with Crippen molar-refractivity contribution in [1.29, 1.82) is 0 Å². The second-order valence-corrected chi connectivity index (χ2v) is 7.59. The van der Waals surface area contributed by atoms with Gasteiger partial charge < -0.3 is 10.2 Å². The molecule has 0 bridgehead atoms. The molecule has 7 heteroatoms. The van der Waals surface area contributed by atoms with E-state index in [2.05, 4.69) is 14.6 Å². The van der Waals surface area contributed by atoms with Crippen LogP contribution in [0.3, 0.4) is 0 Å². The van der Waals surface area contributed by atoms with Gasteiger partial charge in [0.2, 0.25) is 0 Å².